The van der Waals surface area contributed by atoms with E-state index in [4.69, 9.17) is 4.74 Å². The molecule has 3 nitrogen and oxygen atoms in total. The average Bonchev–Trinajstić information content (AvgIpc) is 2.39. The second-order valence-electron chi connectivity index (χ2n) is 6.10. The van der Waals surface area contributed by atoms with Gasteiger partial charge in [0, 0.05) is 43.1 Å². The summed E-state index contributed by atoms with van der Waals surface area (Å²) in [7, 11) is 0. The zero-order chi connectivity index (χ0) is 14.0. The number of hydrogen-bond acceptors (Lipinski definition) is 3. The number of hydrogen-bond donors (Lipinski definition) is 2. The summed E-state index contributed by atoms with van der Waals surface area (Å²) in [5, 5.41) is 13.9. The highest BCUT2D eigenvalue weighted by Gasteiger charge is 2.35. The van der Waals surface area contributed by atoms with E-state index in [0.29, 0.717) is 31.7 Å². The first-order valence-corrected chi connectivity index (χ1v) is 8.23. The fourth-order valence-electron chi connectivity index (χ4n) is 3.11. The van der Waals surface area contributed by atoms with Crippen molar-refractivity contribution in [2.45, 2.75) is 43.2 Å². The van der Waals surface area contributed by atoms with Gasteiger partial charge in [-0.2, -0.15) is 0 Å². The van der Waals surface area contributed by atoms with Crippen LogP contribution in [0.5, 0.6) is 0 Å². The predicted molar refractivity (Wildman–Crippen MR) is 82.9 cm³/mol. The molecule has 0 spiro atoms. The molecule has 3 rings (SSSR count). The van der Waals surface area contributed by atoms with E-state index >= 15 is 0 Å². The quantitative estimate of drug-likeness (QED) is 0.886. The van der Waals surface area contributed by atoms with Crippen molar-refractivity contribution < 1.29 is 9.84 Å². The fraction of sp³-hybridized carbons (Fsp3) is 0.625. The molecule has 20 heavy (non-hydrogen) atoms. The van der Waals surface area contributed by atoms with Crippen molar-refractivity contribution in [3.63, 3.8) is 0 Å². The van der Waals surface area contributed by atoms with Crippen LogP contribution in [-0.4, -0.2) is 36.5 Å². The lowest BCUT2D eigenvalue weighted by Gasteiger charge is -2.40. The second-order valence-corrected chi connectivity index (χ2v) is 6.96. The third kappa shape index (κ3) is 3.25. The third-order valence-electron chi connectivity index (χ3n) is 4.63. The highest BCUT2D eigenvalue weighted by Crippen LogP contribution is 2.40. The van der Waals surface area contributed by atoms with Crippen LogP contribution in [0, 0.1) is 0 Å². The fourth-order valence-corrected chi connectivity index (χ4v) is 3.72. The molecule has 2 fully saturated rings. The molecule has 1 aromatic carbocycles. The Kier molecular flexibility index (Phi) is 4.46. The Bertz CT molecular complexity index is 454. The van der Waals surface area contributed by atoms with E-state index in [9.17, 15) is 5.11 Å². The maximum atomic E-state index is 10.4. The monoisotopic (exact) mass is 339 g/mol. The average molecular weight is 340 g/mol. The van der Waals surface area contributed by atoms with E-state index in [1.807, 2.05) is 0 Å². The molecule has 2 N–H and O–H groups in total. The molecule has 0 bridgehead atoms. The normalized spacial score (nSPS) is 28.9. The van der Waals surface area contributed by atoms with Gasteiger partial charge >= 0.3 is 0 Å². The molecular weight excluding hydrogens is 318 g/mol. The summed E-state index contributed by atoms with van der Waals surface area (Å²) in [6.07, 6.45) is 3.82. The Hall–Kier alpha value is -0.420. The van der Waals surface area contributed by atoms with E-state index in [2.05, 4.69) is 45.5 Å². The van der Waals surface area contributed by atoms with Gasteiger partial charge in [0.2, 0.25) is 0 Å². The van der Waals surface area contributed by atoms with E-state index in [0.717, 1.165) is 25.7 Å². The van der Waals surface area contributed by atoms with Crippen molar-refractivity contribution in [3.8, 4) is 0 Å². The van der Waals surface area contributed by atoms with Gasteiger partial charge in [-0.05, 0) is 30.4 Å². The summed E-state index contributed by atoms with van der Waals surface area (Å²) >= 11 is 3.63. The highest BCUT2D eigenvalue weighted by atomic mass is 79.9. The zero-order valence-corrected chi connectivity index (χ0v) is 13.2. The van der Waals surface area contributed by atoms with E-state index in [1.165, 1.54) is 10.0 Å². The van der Waals surface area contributed by atoms with Crippen molar-refractivity contribution in [1.82, 2.24) is 5.32 Å². The van der Waals surface area contributed by atoms with Crippen LogP contribution in [0.25, 0.3) is 0 Å². The molecular formula is C16H22BrNO2. The second kappa shape index (κ2) is 6.14. The van der Waals surface area contributed by atoms with Gasteiger partial charge in [-0.15, -0.1) is 0 Å². The van der Waals surface area contributed by atoms with Crippen molar-refractivity contribution in [2.24, 2.45) is 0 Å². The SMILES string of the molecule is OC1(CNC2CC(c3ccccc3Br)C2)CCOCC1. The van der Waals surface area contributed by atoms with Gasteiger partial charge < -0.3 is 15.2 Å². The van der Waals surface area contributed by atoms with E-state index in [-0.39, 0.29) is 0 Å². The van der Waals surface area contributed by atoms with Crippen LogP contribution in [0.1, 0.15) is 37.2 Å². The topological polar surface area (TPSA) is 41.5 Å². The zero-order valence-electron chi connectivity index (χ0n) is 11.6. The summed E-state index contributed by atoms with van der Waals surface area (Å²) in [6.45, 7) is 2.06. The first-order chi connectivity index (χ1) is 9.66. The smallest absolute Gasteiger partial charge is 0.0815 e. The van der Waals surface area contributed by atoms with Crippen LogP contribution >= 0.6 is 15.9 Å². The lowest BCUT2D eigenvalue weighted by Crippen LogP contribution is -2.50. The molecule has 0 amide bonds. The van der Waals surface area contributed by atoms with Crippen molar-refractivity contribution >= 4 is 15.9 Å². The minimum Gasteiger partial charge on any atom is -0.388 e. The molecule has 1 aliphatic carbocycles. The molecule has 1 saturated heterocycles. The first-order valence-electron chi connectivity index (χ1n) is 7.44. The molecule has 110 valence electrons. The molecule has 4 heteroatoms. The van der Waals surface area contributed by atoms with E-state index < -0.39 is 5.60 Å². The lowest BCUT2D eigenvalue weighted by molar-refractivity contribution is -0.0641. The first kappa shape index (κ1) is 14.5. The van der Waals surface area contributed by atoms with Gasteiger partial charge in [-0.25, -0.2) is 0 Å². The molecule has 0 unspecified atom stereocenters. The summed E-state index contributed by atoms with van der Waals surface area (Å²) in [6, 6.07) is 9.02. The summed E-state index contributed by atoms with van der Waals surface area (Å²) in [5.41, 5.74) is 0.853. The Morgan fingerprint density at radius 3 is 2.65 bits per heavy atom. The van der Waals surface area contributed by atoms with Gasteiger partial charge in [0.05, 0.1) is 5.60 Å². The van der Waals surface area contributed by atoms with Gasteiger partial charge in [-0.3, -0.25) is 0 Å². The molecule has 1 aliphatic heterocycles. The number of benzene rings is 1. The molecule has 0 atom stereocenters. The van der Waals surface area contributed by atoms with Crippen LogP contribution in [0.2, 0.25) is 0 Å². The molecule has 1 heterocycles. The molecule has 2 aliphatic rings. The third-order valence-corrected chi connectivity index (χ3v) is 5.35. The van der Waals surface area contributed by atoms with Crippen LogP contribution in [0.4, 0.5) is 0 Å². The number of rotatable bonds is 4. The summed E-state index contributed by atoms with van der Waals surface area (Å²) in [5.74, 6) is 0.646. The lowest BCUT2D eigenvalue weighted by atomic mass is 9.75. The predicted octanol–water partition coefficient (Wildman–Crippen LogP) is 2.83. The maximum absolute atomic E-state index is 10.4. The molecule has 0 aromatic heterocycles. The molecule has 1 saturated carbocycles. The van der Waals surface area contributed by atoms with Gasteiger partial charge in [0.1, 0.15) is 0 Å². The van der Waals surface area contributed by atoms with Gasteiger partial charge in [-0.1, -0.05) is 34.1 Å². The van der Waals surface area contributed by atoms with Crippen LogP contribution in [0.3, 0.4) is 0 Å². The van der Waals surface area contributed by atoms with Gasteiger partial charge in [0.15, 0.2) is 0 Å². The number of halogens is 1. The standard InChI is InChI=1S/C16H22BrNO2/c17-15-4-2-1-3-14(15)12-9-13(10-12)18-11-16(19)5-7-20-8-6-16/h1-4,12-13,18-19H,5-11H2. The Morgan fingerprint density at radius 1 is 1.25 bits per heavy atom. The summed E-state index contributed by atoms with van der Waals surface area (Å²) in [4.78, 5) is 0. The van der Waals surface area contributed by atoms with Crippen LogP contribution in [0.15, 0.2) is 28.7 Å². The minimum absolute atomic E-state index is 0.541. The minimum atomic E-state index is -0.559. The highest BCUT2D eigenvalue weighted by molar-refractivity contribution is 9.10. The Balaban J connectivity index is 1.46. The van der Waals surface area contributed by atoms with Gasteiger partial charge in [0.25, 0.3) is 0 Å². The van der Waals surface area contributed by atoms with E-state index in [1.54, 1.807) is 0 Å². The van der Waals surface area contributed by atoms with Crippen LogP contribution in [-0.2, 0) is 4.74 Å². The molecule has 0 radical (unpaired) electrons. The number of ether oxygens (including phenoxy) is 1. The van der Waals surface area contributed by atoms with Crippen molar-refractivity contribution in [2.75, 3.05) is 19.8 Å². The molecule has 1 aromatic rings. The maximum Gasteiger partial charge on any atom is 0.0815 e. The van der Waals surface area contributed by atoms with Crippen LogP contribution < -0.4 is 5.32 Å². The van der Waals surface area contributed by atoms with Crippen molar-refractivity contribution in [1.29, 1.82) is 0 Å². The number of aliphatic hydroxyl groups is 1. The Labute approximate surface area is 128 Å². The summed E-state index contributed by atoms with van der Waals surface area (Å²) < 4.78 is 6.52. The largest absolute Gasteiger partial charge is 0.388 e. The number of nitrogens with one attached hydrogen (secondary N) is 1. The Morgan fingerprint density at radius 2 is 1.95 bits per heavy atom. The van der Waals surface area contributed by atoms with Crippen molar-refractivity contribution in [3.05, 3.63) is 34.3 Å².